The minimum atomic E-state index is 0. The van der Waals surface area contributed by atoms with Gasteiger partial charge in [-0.15, -0.1) is 24.0 Å². The number of rotatable bonds is 10. The zero-order valence-corrected chi connectivity index (χ0v) is 18.2. The van der Waals surface area contributed by atoms with E-state index in [1.165, 1.54) is 39.1 Å². The molecule has 0 aromatic carbocycles. The standard InChI is InChI=1S/C17H37N5O.HI/c1-4-18-17(20-10-7-16-23-5-2)19-9-6-12-22-13-8-11-21(3)14-15-22;/h4-16H2,1-3H3,(H2,18,19,20);1H. The molecule has 0 atom stereocenters. The lowest BCUT2D eigenvalue weighted by Crippen LogP contribution is -2.39. The summed E-state index contributed by atoms with van der Waals surface area (Å²) in [7, 11) is 2.22. The summed E-state index contributed by atoms with van der Waals surface area (Å²) in [5, 5.41) is 6.74. The van der Waals surface area contributed by atoms with Crippen LogP contribution in [0, 0.1) is 0 Å². The first-order valence-electron chi connectivity index (χ1n) is 9.27. The van der Waals surface area contributed by atoms with Gasteiger partial charge >= 0.3 is 0 Å². The lowest BCUT2D eigenvalue weighted by molar-refractivity contribution is 0.146. The first-order chi connectivity index (χ1) is 11.3. The maximum Gasteiger partial charge on any atom is 0.191 e. The topological polar surface area (TPSA) is 52.1 Å². The fourth-order valence-corrected chi connectivity index (χ4v) is 2.68. The molecule has 2 N–H and O–H groups in total. The second kappa shape index (κ2) is 16.4. The van der Waals surface area contributed by atoms with E-state index in [4.69, 9.17) is 4.74 Å². The van der Waals surface area contributed by atoms with Crippen LogP contribution in [0.15, 0.2) is 4.99 Å². The zero-order valence-electron chi connectivity index (χ0n) is 15.9. The first-order valence-corrected chi connectivity index (χ1v) is 9.27. The third-order valence-corrected chi connectivity index (χ3v) is 4.02. The van der Waals surface area contributed by atoms with Crippen LogP contribution in [0.5, 0.6) is 0 Å². The molecule has 0 aromatic heterocycles. The van der Waals surface area contributed by atoms with E-state index in [1.807, 2.05) is 6.92 Å². The molecule has 0 spiro atoms. The Hall–Kier alpha value is -0.120. The molecule has 0 unspecified atom stereocenters. The summed E-state index contributed by atoms with van der Waals surface area (Å²) in [6.45, 7) is 14.4. The molecule has 1 saturated heterocycles. The van der Waals surface area contributed by atoms with E-state index in [1.54, 1.807) is 0 Å². The van der Waals surface area contributed by atoms with Gasteiger partial charge in [0, 0.05) is 45.9 Å². The third kappa shape index (κ3) is 12.3. The minimum Gasteiger partial charge on any atom is -0.382 e. The molecular weight excluding hydrogens is 417 g/mol. The lowest BCUT2D eigenvalue weighted by atomic mass is 10.3. The largest absolute Gasteiger partial charge is 0.382 e. The Balaban J connectivity index is 0.00000529. The van der Waals surface area contributed by atoms with E-state index < -0.39 is 0 Å². The van der Waals surface area contributed by atoms with Crippen molar-refractivity contribution in [3.05, 3.63) is 0 Å². The first kappa shape index (κ1) is 23.9. The van der Waals surface area contributed by atoms with Crippen molar-refractivity contribution in [3.63, 3.8) is 0 Å². The van der Waals surface area contributed by atoms with E-state index in [9.17, 15) is 0 Å². The second-order valence-corrected chi connectivity index (χ2v) is 6.09. The molecule has 1 aliphatic rings. The summed E-state index contributed by atoms with van der Waals surface area (Å²) < 4.78 is 5.34. The Morgan fingerprint density at radius 3 is 2.67 bits per heavy atom. The van der Waals surface area contributed by atoms with Crippen molar-refractivity contribution in [2.45, 2.75) is 33.1 Å². The lowest BCUT2D eigenvalue weighted by Gasteiger charge is -2.20. The number of nitrogens with one attached hydrogen (secondary N) is 2. The number of ether oxygens (including phenoxy) is 1. The molecule has 1 fully saturated rings. The summed E-state index contributed by atoms with van der Waals surface area (Å²) in [5.74, 6) is 0.930. The highest BCUT2D eigenvalue weighted by Gasteiger charge is 2.11. The zero-order chi connectivity index (χ0) is 16.8. The molecule has 6 nitrogen and oxygen atoms in total. The highest BCUT2D eigenvalue weighted by Crippen LogP contribution is 2.01. The van der Waals surface area contributed by atoms with Crippen LogP contribution in [0.4, 0.5) is 0 Å². The smallest absolute Gasteiger partial charge is 0.191 e. The van der Waals surface area contributed by atoms with Crippen molar-refractivity contribution in [1.29, 1.82) is 0 Å². The Morgan fingerprint density at radius 1 is 1.08 bits per heavy atom. The molecule has 1 rings (SSSR count). The van der Waals surface area contributed by atoms with Gasteiger partial charge in [-0.1, -0.05) is 0 Å². The van der Waals surface area contributed by atoms with Crippen molar-refractivity contribution in [1.82, 2.24) is 20.4 Å². The quantitative estimate of drug-likeness (QED) is 0.227. The van der Waals surface area contributed by atoms with Crippen LogP contribution >= 0.6 is 24.0 Å². The SMILES string of the molecule is CCNC(=NCCCOCC)NCCCN1CCCN(C)CC1.I. The molecule has 0 bridgehead atoms. The Kier molecular flexibility index (Phi) is 16.3. The van der Waals surface area contributed by atoms with Crippen LogP contribution in [-0.2, 0) is 4.74 Å². The number of hydrogen-bond acceptors (Lipinski definition) is 4. The van der Waals surface area contributed by atoms with E-state index in [0.29, 0.717) is 0 Å². The maximum atomic E-state index is 5.34. The summed E-state index contributed by atoms with van der Waals surface area (Å²) in [6.07, 6.45) is 3.42. The van der Waals surface area contributed by atoms with Crippen LogP contribution in [0.3, 0.4) is 0 Å². The molecule has 1 aliphatic heterocycles. The molecule has 0 aromatic rings. The van der Waals surface area contributed by atoms with E-state index in [0.717, 1.165) is 51.6 Å². The molecule has 1 heterocycles. The number of hydrogen-bond donors (Lipinski definition) is 2. The minimum absolute atomic E-state index is 0. The van der Waals surface area contributed by atoms with Crippen LogP contribution < -0.4 is 10.6 Å². The van der Waals surface area contributed by atoms with Gasteiger partial charge in [0.1, 0.15) is 0 Å². The summed E-state index contributed by atoms with van der Waals surface area (Å²) in [6, 6.07) is 0. The monoisotopic (exact) mass is 455 g/mol. The van der Waals surface area contributed by atoms with Crippen molar-refractivity contribution in [2.24, 2.45) is 4.99 Å². The predicted molar refractivity (Wildman–Crippen MR) is 114 cm³/mol. The van der Waals surface area contributed by atoms with Crippen LogP contribution in [-0.4, -0.2) is 88.4 Å². The molecule has 7 heteroatoms. The van der Waals surface area contributed by atoms with Crippen molar-refractivity contribution in [2.75, 3.05) is 72.6 Å². The Morgan fingerprint density at radius 2 is 1.92 bits per heavy atom. The van der Waals surface area contributed by atoms with E-state index in [2.05, 4.69) is 39.4 Å². The second-order valence-electron chi connectivity index (χ2n) is 6.09. The van der Waals surface area contributed by atoms with Crippen molar-refractivity contribution < 1.29 is 4.74 Å². The van der Waals surface area contributed by atoms with Gasteiger partial charge in [0.2, 0.25) is 0 Å². The normalized spacial score (nSPS) is 17.2. The molecule has 0 amide bonds. The van der Waals surface area contributed by atoms with Gasteiger partial charge in [0.15, 0.2) is 5.96 Å². The van der Waals surface area contributed by atoms with Crippen LogP contribution in [0.2, 0.25) is 0 Å². The van der Waals surface area contributed by atoms with E-state index >= 15 is 0 Å². The molecule has 0 saturated carbocycles. The number of aliphatic imine (C=N–C) groups is 1. The van der Waals surface area contributed by atoms with Crippen LogP contribution in [0.1, 0.15) is 33.1 Å². The number of likely N-dealkylation sites (N-methyl/N-ethyl adjacent to an activating group) is 1. The Labute approximate surface area is 165 Å². The molecular formula is C17H38IN5O. The highest BCUT2D eigenvalue weighted by atomic mass is 127. The molecule has 0 radical (unpaired) electrons. The van der Waals surface area contributed by atoms with Gasteiger partial charge in [-0.05, 0) is 59.8 Å². The summed E-state index contributed by atoms with van der Waals surface area (Å²) in [5.41, 5.74) is 0. The van der Waals surface area contributed by atoms with Gasteiger partial charge in [-0.25, -0.2) is 0 Å². The average Bonchev–Trinajstić information content (AvgIpc) is 2.75. The fourth-order valence-electron chi connectivity index (χ4n) is 2.68. The Bertz CT molecular complexity index is 317. The maximum absolute atomic E-state index is 5.34. The number of halogens is 1. The van der Waals surface area contributed by atoms with Gasteiger partial charge in [-0.2, -0.15) is 0 Å². The highest BCUT2D eigenvalue weighted by molar-refractivity contribution is 14.0. The molecule has 144 valence electrons. The van der Waals surface area contributed by atoms with Gasteiger partial charge in [-0.3, -0.25) is 4.99 Å². The van der Waals surface area contributed by atoms with Gasteiger partial charge in [0.25, 0.3) is 0 Å². The summed E-state index contributed by atoms with van der Waals surface area (Å²) in [4.78, 5) is 9.60. The molecule has 24 heavy (non-hydrogen) atoms. The van der Waals surface area contributed by atoms with Crippen molar-refractivity contribution >= 4 is 29.9 Å². The predicted octanol–water partition coefficient (Wildman–Crippen LogP) is 1.61. The van der Waals surface area contributed by atoms with Gasteiger partial charge in [0.05, 0.1) is 0 Å². The van der Waals surface area contributed by atoms with Crippen LogP contribution in [0.25, 0.3) is 0 Å². The van der Waals surface area contributed by atoms with E-state index in [-0.39, 0.29) is 24.0 Å². The molecule has 0 aliphatic carbocycles. The fraction of sp³-hybridized carbons (Fsp3) is 0.941. The number of nitrogens with zero attached hydrogens (tertiary/aromatic N) is 3. The number of guanidine groups is 1. The van der Waals surface area contributed by atoms with Crippen molar-refractivity contribution in [3.8, 4) is 0 Å². The van der Waals surface area contributed by atoms with Gasteiger partial charge < -0.3 is 25.2 Å². The summed E-state index contributed by atoms with van der Waals surface area (Å²) >= 11 is 0. The average molecular weight is 455 g/mol. The third-order valence-electron chi connectivity index (χ3n) is 4.02.